The molecule has 1 fully saturated rings. The Morgan fingerprint density at radius 3 is 2.75 bits per heavy atom. The van der Waals surface area contributed by atoms with Gasteiger partial charge in [-0.3, -0.25) is 9.59 Å². The lowest BCUT2D eigenvalue weighted by Gasteiger charge is -2.11. The van der Waals surface area contributed by atoms with Crippen molar-refractivity contribution < 1.29 is 9.59 Å². The maximum atomic E-state index is 12.7. The van der Waals surface area contributed by atoms with Crippen LogP contribution in [0.1, 0.15) is 37.2 Å². The van der Waals surface area contributed by atoms with Gasteiger partial charge in [-0.2, -0.15) is 0 Å². The Hall–Kier alpha value is -3.01. The number of aryl methyl sites for hydroxylation is 2. The molecule has 3 aromatic heterocycles. The van der Waals surface area contributed by atoms with Gasteiger partial charge in [0.2, 0.25) is 5.91 Å². The summed E-state index contributed by atoms with van der Waals surface area (Å²) in [7, 11) is 1.89. The van der Waals surface area contributed by atoms with Crippen molar-refractivity contribution in [2.24, 2.45) is 7.05 Å². The smallest absolute Gasteiger partial charge is 0.268 e. The number of hydrogen-bond donors (Lipinski definition) is 3. The van der Waals surface area contributed by atoms with Crippen LogP contribution in [0.3, 0.4) is 0 Å². The van der Waals surface area contributed by atoms with Gasteiger partial charge in [0.25, 0.3) is 5.91 Å². The normalized spacial score (nSPS) is 13.7. The molecule has 28 heavy (non-hydrogen) atoms. The van der Waals surface area contributed by atoms with Gasteiger partial charge >= 0.3 is 0 Å². The summed E-state index contributed by atoms with van der Waals surface area (Å²) >= 11 is 5.18. The molecule has 0 saturated heterocycles. The molecule has 3 heterocycles. The zero-order chi connectivity index (χ0) is 20.0. The van der Waals surface area contributed by atoms with Gasteiger partial charge in [0, 0.05) is 31.9 Å². The molecular weight excluding hydrogens is 378 g/mol. The summed E-state index contributed by atoms with van der Waals surface area (Å²) in [6.45, 7) is 3.94. The fourth-order valence-electron chi connectivity index (χ4n) is 3.29. The molecule has 9 nitrogen and oxygen atoms in total. The molecule has 1 saturated carbocycles. The number of pyridine rings is 1. The molecule has 0 aromatic carbocycles. The fraction of sp³-hybridized carbons (Fsp3) is 0.389. The molecule has 0 bridgehead atoms. The van der Waals surface area contributed by atoms with Crippen molar-refractivity contribution in [2.45, 2.75) is 39.3 Å². The van der Waals surface area contributed by atoms with Crippen LogP contribution >= 0.6 is 12.2 Å². The quantitative estimate of drug-likeness (QED) is 0.576. The van der Waals surface area contributed by atoms with Gasteiger partial charge < -0.3 is 25.1 Å². The fourth-order valence-corrected chi connectivity index (χ4v) is 3.53. The summed E-state index contributed by atoms with van der Waals surface area (Å²) in [6.07, 6.45) is 3.74. The number of aromatic nitrogens is 4. The summed E-state index contributed by atoms with van der Waals surface area (Å²) in [5.74, 6) is 0.0663. The minimum Gasteiger partial charge on any atom is -0.348 e. The first-order valence-corrected chi connectivity index (χ1v) is 9.53. The van der Waals surface area contributed by atoms with Crippen LogP contribution in [0.5, 0.6) is 0 Å². The van der Waals surface area contributed by atoms with Crippen molar-refractivity contribution >= 4 is 57.0 Å². The second kappa shape index (κ2) is 6.86. The molecule has 1 aliphatic carbocycles. The number of thiocarbonyl (C=S) groups is 1. The van der Waals surface area contributed by atoms with Crippen LogP contribution < -0.4 is 16.0 Å². The zero-order valence-corrected chi connectivity index (χ0v) is 16.7. The van der Waals surface area contributed by atoms with Gasteiger partial charge in [-0.25, -0.2) is 9.97 Å². The number of carbonyl (C=O) groups excluding carboxylic acids is 2. The standard InChI is InChI=1S/C18H21N7O2S/c1-4-25-12(17(27)21-10-5-6-10)7-11-14-13(19-8-24(14)3)15(22-16(11)25)23-18(28)20-9(2)26/h7-8,10H,4-6H2,1-3H3,(H,21,27)(H2,20,22,23,26,28). The summed E-state index contributed by atoms with van der Waals surface area (Å²) in [6, 6.07) is 2.14. The Bertz CT molecular complexity index is 1130. The predicted octanol–water partition coefficient (Wildman–Crippen LogP) is 1.67. The number of fused-ring (bicyclic) bond motifs is 3. The van der Waals surface area contributed by atoms with E-state index in [-0.39, 0.29) is 23.0 Å². The topological polar surface area (TPSA) is 106 Å². The van der Waals surface area contributed by atoms with E-state index in [0.717, 1.165) is 23.7 Å². The molecule has 146 valence electrons. The van der Waals surface area contributed by atoms with Crippen LogP contribution in [0, 0.1) is 0 Å². The number of carbonyl (C=O) groups is 2. The van der Waals surface area contributed by atoms with Gasteiger partial charge in [0.1, 0.15) is 16.9 Å². The number of rotatable bonds is 4. The van der Waals surface area contributed by atoms with E-state index in [1.807, 2.05) is 29.2 Å². The summed E-state index contributed by atoms with van der Waals surface area (Å²) in [4.78, 5) is 33.1. The van der Waals surface area contributed by atoms with Gasteiger partial charge in [-0.1, -0.05) is 0 Å². The number of anilines is 1. The van der Waals surface area contributed by atoms with Crippen LogP contribution in [0.25, 0.3) is 22.1 Å². The highest BCUT2D eigenvalue weighted by molar-refractivity contribution is 7.80. The number of imidazole rings is 1. The van der Waals surface area contributed by atoms with E-state index < -0.39 is 0 Å². The van der Waals surface area contributed by atoms with Gasteiger partial charge in [0.15, 0.2) is 10.9 Å². The molecular formula is C18H21N7O2S. The third kappa shape index (κ3) is 3.19. The average molecular weight is 399 g/mol. The lowest BCUT2D eigenvalue weighted by atomic mass is 10.2. The molecule has 4 rings (SSSR count). The maximum absolute atomic E-state index is 12.7. The summed E-state index contributed by atoms with van der Waals surface area (Å²) < 4.78 is 3.76. The molecule has 3 N–H and O–H groups in total. The van der Waals surface area contributed by atoms with Crippen molar-refractivity contribution in [3.8, 4) is 0 Å². The third-order valence-electron chi connectivity index (χ3n) is 4.69. The van der Waals surface area contributed by atoms with E-state index >= 15 is 0 Å². The molecule has 2 amide bonds. The Kier molecular flexibility index (Phi) is 4.50. The maximum Gasteiger partial charge on any atom is 0.268 e. The lowest BCUT2D eigenvalue weighted by molar-refractivity contribution is -0.117. The van der Waals surface area contributed by atoms with Gasteiger partial charge in [0.05, 0.1) is 11.8 Å². The van der Waals surface area contributed by atoms with Crippen molar-refractivity contribution in [1.82, 2.24) is 29.7 Å². The first-order chi connectivity index (χ1) is 13.4. The molecule has 0 unspecified atom stereocenters. The monoisotopic (exact) mass is 399 g/mol. The van der Waals surface area contributed by atoms with E-state index in [4.69, 9.17) is 12.2 Å². The highest BCUT2D eigenvalue weighted by Gasteiger charge is 2.27. The van der Waals surface area contributed by atoms with Crippen molar-refractivity contribution in [1.29, 1.82) is 0 Å². The average Bonchev–Trinajstić information content (AvgIpc) is 3.23. The SMILES string of the molecule is CCn1c(C(=O)NC2CC2)cc2c3c(ncn3C)c(NC(=S)NC(C)=O)nc21. The summed E-state index contributed by atoms with van der Waals surface area (Å²) in [5, 5.41) is 9.50. The molecule has 3 aromatic rings. The lowest BCUT2D eigenvalue weighted by Crippen LogP contribution is -2.32. The third-order valence-corrected chi connectivity index (χ3v) is 4.89. The van der Waals surface area contributed by atoms with E-state index in [1.165, 1.54) is 6.92 Å². The van der Waals surface area contributed by atoms with E-state index in [2.05, 4.69) is 25.9 Å². The molecule has 0 radical (unpaired) electrons. The molecule has 0 aliphatic heterocycles. The Morgan fingerprint density at radius 1 is 1.36 bits per heavy atom. The van der Waals surface area contributed by atoms with E-state index in [1.54, 1.807) is 6.33 Å². The second-order valence-corrected chi connectivity index (χ2v) is 7.32. The first kappa shape index (κ1) is 18.4. The number of nitrogens with one attached hydrogen (secondary N) is 3. The van der Waals surface area contributed by atoms with E-state index in [0.29, 0.717) is 29.2 Å². The molecule has 0 atom stereocenters. The van der Waals surface area contributed by atoms with Crippen molar-refractivity contribution in [3.63, 3.8) is 0 Å². The van der Waals surface area contributed by atoms with Crippen molar-refractivity contribution in [3.05, 3.63) is 18.1 Å². The highest BCUT2D eigenvalue weighted by atomic mass is 32.1. The largest absolute Gasteiger partial charge is 0.348 e. The molecule has 10 heteroatoms. The van der Waals surface area contributed by atoms with Crippen molar-refractivity contribution in [2.75, 3.05) is 5.32 Å². The first-order valence-electron chi connectivity index (χ1n) is 9.12. The van der Waals surface area contributed by atoms with Crippen LogP contribution in [0.15, 0.2) is 12.4 Å². The Balaban J connectivity index is 1.87. The number of amides is 2. The highest BCUT2D eigenvalue weighted by Crippen LogP contribution is 2.31. The van der Waals surface area contributed by atoms with Crippen LogP contribution in [-0.4, -0.2) is 42.1 Å². The zero-order valence-electron chi connectivity index (χ0n) is 15.9. The molecule has 0 spiro atoms. The number of hydrogen-bond acceptors (Lipinski definition) is 5. The minimum atomic E-state index is -0.271. The number of nitrogens with zero attached hydrogens (tertiary/aromatic N) is 4. The Labute approximate surface area is 166 Å². The second-order valence-electron chi connectivity index (χ2n) is 6.91. The predicted molar refractivity (Wildman–Crippen MR) is 110 cm³/mol. The summed E-state index contributed by atoms with van der Waals surface area (Å²) in [5.41, 5.74) is 2.68. The van der Waals surface area contributed by atoms with Crippen LogP contribution in [0.2, 0.25) is 0 Å². The van der Waals surface area contributed by atoms with Crippen LogP contribution in [-0.2, 0) is 18.4 Å². The Morgan fingerprint density at radius 2 is 2.11 bits per heavy atom. The molecule has 1 aliphatic rings. The van der Waals surface area contributed by atoms with E-state index in [9.17, 15) is 9.59 Å². The van der Waals surface area contributed by atoms with Crippen LogP contribution in [0.4, 0.5) is 5.82 Å². The minimum absolute atomic E-state index is 0.0963. The van der Waals surface area contributed by atoms with Gasteiger partial charge in [-0.15, -0.1) is 0 Å². The van der Waals surface area contributed by atoms with Gasteiger partial charge in [-0.05, 0) is 38.0 Å².